The second-order valence-electron chi connectivity index (χ2n) is 4.01. The van der Waals surface area contributed by atoms with E-state index in [1.54, 1.807) is 0 Å². The first kappa shape index (κ1) is 9.05. The molecule has 0 amide bonds. The normalized spacial score (nSPS) is 38.9. The van der Waals surface area contributed by atoms with Crippen molar-refractivity contribution in [3.05, 3.63) is 0 Å². The Bertz CT molecular complexity index is 221. The Morgan fingerprint density at radius 3 is 2.92 bits per heavy atom. The summed E-state index contributed by atoms with van der Waals surface area (Å²) in [6.45, 7) is 2.12. The maximum Gasteiger partial charge on any atom is 0.0734 e. The van der Waals surface area contributed by atoms with Crippen molar-refractivity contribution in [2.24, 2.45) is 0 Å². The van der Waals surface area contributed by atoms with Crippen LogP contribution >= 0.6 is 0 Å². The molecule has 0 saturated carbocycles. The molecule has 2 rings (SSSR count). The molecule has 2 aliphatic heterocycles. The fourth-order valence-electron chi connectivity index (χ4n) is 2.36. The van der Waals surface area contributed by atoms with Crippen LogP contribution in [0.1, 0.15) is 32.6 Å². The van der Waals surface area contributed by atoms with Crippen LogP contribution in [0.15, 0.2) is 0 Å². The van der Waals surface area contributed by atoms with Crippen LogP contribution in [0, 0.1) is 12.3 Å². The molecular weight excluding hydrogens is 162 g/mol. The molecule has 0 spiro atoms. The Morgan fingerprint density at radius 1 is 1.62 bits per heavy atom. The predicted octanol–water partition coefficient (Wildman–Crippen LogP) is 1.31. The SMILES string of the molecule is C#CC(CC)NC1CC2CCC1O2. The molecule has 2 heteroatoms. The van der Waals surface area contributed by atoms with Gasteiger partial charge in [0.25, 0.3) is 0 Å². The molecule has 2 saturated heterocycles. The molecule has 2 fully saturated rings. The van der Waals surface area contributed by atoms with E-state index in [0.717, 1.165) is 12.8 Å². The van der Waals surface area contributed by atoms with Crippen LogP contribution in [0.5, 0.6) is 0 Å². The van der Waals surface area contributed by atoms with Crippen molar-refractivity contribution in [2.45, 2.75) is 56.9 Å². The molecule has 0 aromatic carbocycles. The lowest BCUT2D eigenvalue weighted by Gasteiger charge is -2.23. The third-order valence-electron chi connectivity index (χ3n) is 3.13. The summed E-state index contributed by atoms with van der Waals surface area (Å²) in [7, 11) is 0. The molecular formula is C11H17NO. The van der Waals surface area contributed by atoms with E-state index in [1.165, 1.54) is 12.8 Å². The summed E-state index contributed by atoms with van der Waals surface area (Å²) in [5, 5.41) is 3.49. The van der Waals surface area contributed by atoms with E-state index in [0.29, 0.717) is 18.2 Å². The van der Waals surface area contributed by atoms with Crippen LogP contribution in [-0.2, 0) is 4.74 Å². The second kappa shape index (κ2) is 3.69. The highest BCUT2D eigenvalue weighted by Gasteiger charge is 2.40. The first-order chi connectivity index (χ1) is 6.33. The average molecular weight is 179 g/mol. The molecule has 0 aliphatic carbocycles. The molecule has 0 radical (unpaired) electrons. The number of hydrogen-bond acceptors (Lipinski definition) is 2. The van der Waals surface area contributed by atoms with Gasteiger partial charge in [-0.15, -0.1) is 6.42 Å². The third-order valence-corrected chi connectivity index (χ3v) is 3.13. The summed E-state index contributed by atoms with van der Waals surface area (Å²) in [6, 6.07) is 0.743. The number of rotatable bonds is 3. The van der Waals surface area contributed by atoms with E-state index in [1.807, 2.05) is 0 Å². The van der Waals surface area contributed by atoms with Gasteiger partial charge in [-0.3, -0.25) is 5.32 Å². The monoisotopic (exact) mass is 179 g/mol. The molecule has 4 unspecified atom stereocenters. The van der Waals surface area contributed by atoms with Crippen molar-refractivity contribution in [3.63, 3.8) is 0 Å². The number of hydrogen-bond donors (Lipinski definition) is 1. The highest BCUT2D eigenvalue weighted by Crippen LogP contribution is 2.34. The minimum Gasteiger partial charge on any atom is -0.373 e. The van der Waals surface area contributed by atoms with Gasteiger partial charge in [0.2, 0.25) is 0 Å². The molecule has 2 bridgehead atoms. The molecule has 1 N–H and O–H groups in total. The fraction of sp³-hybridized carbons (Fsp3) is 0.818. The second-order valence-corrected chi connectivity index (χ2v) is 4.01. The number of nitrogens with one attached hydrogen (secondary N) is 1. The minimum atomic E-state index is 0.230. The highest BCUT2D eigenvalue weighted by atomic mass is 16.5. The molecule has 2 aliphatic rings. The Morgan fingerprint density at radius 2 is 2.46 bits per heavy atom. The Kier molecular flexibility index (Phi) is 2.57. The molecule has 0 aromatic heterocycles. The van der Waals surface area contributed by atoms with Gasteiger partial charge in [0, 0.05) is 6.04 Å². The first-order valence-electron chi connectivity index (χ1n) is 5.21. The quantitative estimate of drug-likeness (QED) is 0.659. The van der Waals surface area contributed by atoms with Gasteiger partial charge >= 0.3 is 0 Å². The van der Waals surface area contributed by atoms with E-state index < -0.39 is 0 Å². The van der Waals surface area contributed by atoms with E-state index in [9.17, 15) is 0 Å². The molecule has 0 aromatic rings. The largest absolute Gasteiger partial charge is 0.373 e. The van der Waals surface area contributed by atoms with Gasteiger partial charge in [-0.25, -0.2) is 0 Å². The van der Waals surface area contributed by atoms with Gasteiger partial charge in [-0.2, -0.15) is 0 Å². The number of terminal acetylenes is 1. The summed E-state index contributed by atoms with van der Waals surface area (Å²) in [6.07, 6.45) is 11.0. The van der Waals surface area contributed by atoms with Gasteiger partial charge in [-0.05, 0) is 25.7 Å². The van der Waals surface area contributed by atoms with Crippen LogP contribution in [0.4, 0.5) is 0 Å². The van der Waals surface area contributed by atoms with Crippen LogP contribution in [0.3, 0.4) is 0 Å². The van der Waals surface area contributed by atoms with Crippen molar-refractivity contribution in [3.8, 4) is 12.3 Å². The minimum absolute atomic E-state index is 0.230. The average Bonchev–Trinajstić information content (AvgIpc) is 2.75. The lowest BCUT2D eigenvalue weighted by atomic mass is 9.95. The molecule has 4 atom stereocenters. The summed E-state index contributed by atoms with van der Waals surface area (Å²) < 4.78 is 5.74. The van der Waals surface area contributed by atoms with Crippen molar-refractivity contribution >= 4 is 0 Å². The maximum atomic E-state index is 5.74. The maximum absolute atomic E-state index is 5.74. The van der Waals surface area contributed by atoms with Gasteiger partial charge in [0.1, 0.15) is 0 Å². The number of fused-ring (bicyclic) bond motifs is 2. The van der Waals surface area contributed by atoms with Crippen molar-refractivity contribution < 1.29 is 4.74 Å². The smallest absolute Gasteiger partial charge is 0.0734 e. The third kappa shape index (κ3) is 1.72. The van der Waals surface area contributed by atoms with E-state index in [2.05, 4.69) is 18.2 Å². The van der Waals surface area contributed by atoms with E-state index in [4.69, 9.17) is 11.2 Å². The van der Waals surface area contributed by atoms with Crippen LogP contribution in [-0.4, -0.2) is 24.3 Å². The summed E-state index contributed by atoms with van der Waals surface area (Å²) >= 11 is 0. The van der Waals surface area contributed by atoms with Gasteiger partial charge in [0.15, 0.2) is 0 Å². The van der Waals surface area contributed by atoms with Crippen LogP contribution < -0.4 is 5.32 Å². The van der Waals surface area contributed by atoms with Crippen molar-refractivity contribution in [1.29, 1.82) is 0 Å². The van der Waals surface area contributed by atoms with Gasteiger partial charge in [-0.1, -0.05) is 12.8 Å². The fourth-order valence-corrected chi connectivity index (χ4v) is 2.36. The molecule has 72 valence electrons. The van der Waals surface area contributed by atoms with Gasteiger partial charge < -0.3 is 4.74 Å². The van der Waals surface area contributed by atoms with Crippen LogP contribution in [0.2, 0.25) is 0 Å². The van der Waals surface area contributed by atoms with E-state index in [-0.39, 0.29) is 6.04 Å². The topological polar surface area (TPSA) is 21.3 Å². The lowest BCUT2D eigenvalue weighted by Crippen LogP contribution is -2.43. The zero-order valence-corrected chi connectivity index (χ0v) is 8.12. The van der Waals surface area contributed by atoms with Crippen LogP contribution in [0.25, 0.3) is 0 Å². The molecule has 2 heterocycles. The summed E-state index contributed by atoms with van der Waals surface area (Å²) in [4.78, 5) is 0. The Balaban J connectivity index is 1.86. The van der Waals surface area contributed by atoms with Gasteiger partial charge in [0.05, 0.1) is 18.2 Å². The molecule has 2 nitrogen and oxygen atoms in total. The molecule has 13 heavy (non-hydrogen) atoms. The van der Waals surface area contributed by atoms with E-state index >= 15 is 0 Å². The van der Waals surface area contributed by atoms with Crippen molar-refractivity contribution in [1.82, 2.24) is 5.32 Å². The Hall–Kier alpha value is -0.520. The zero-order chi connectivity index (χ0) is 9.26. The predicted molar refractivity (Wildman–Crippen MR) is 52.3 cm³/mol. The Labute approximate surface area is 80.0 Å². The first-order valence-corrected chi connectivity index (χ1v) is 5.21. The number of ether oxygens (including phenoxy) is 1. The zero-order valence-electron chi connectivity index (χ0n) is 8.12. The summed E-state index contributed by atoms with van der Waals surface area (Å²) in [5.41, 5.74) is 0. The van der Waals surface area contributed by atoms with Crippen molar-refractivity contribution in [2.75, 3.05) is 0 Å². The standard InChI is InChI=1S/C11H17NO/c1-3-8(4-2)12-10-7-9-5-6-11(10)13-9/h1,8-12H,4-7H2,2H3. The summed E-state index contributed by atoms with van der Waals surface area (Å²) in [5.74, 6) is 2.77. The lowest BCUT2D eigenvalue weighted by molar-refractivity contribution is 0.0967. The highest BCUT2D eigenvalue weighted by molar-refractivity contribution is 5.03.